The lowest BCUT2D eigenvalue weighted by molar-refractivity contribution is -0.120. The van der Waals surface area contributed by atoms with E-state index in [4.69, 9.17) is 10.5 Å². The summed E-state index contributed by atoms with van der Waals surface area (Å²) < 4.78 is 33.4. The van der Waals surface area contributed by atoms with Gasteiger partial charge in [-0.25, -0.2) is 4.39 Å². The molecule has 32 heavy (non-hydrogen) atoms. The van der Waals surface area contributed by atoms with Crippen LogP contribution in [0.15, 0.2) is 60.7 Å². The van der Waals surface area contributed by atoms with Crippen LogP contribution in [0.25, 0.3) is 0 Å². The zero-order valence-corrected chi connectivity index (χ0v) is 19.1. The molecule has 0 radical (unpaired) electrons. The monoisotopic (exact) mass is 460 g/mol. The summed E-state index contributed by atoms with van der Waals surface area (Å²) in [5.74, 6) is -2.48. The molecule has 0 saturated carbocycles. The van der Waals surface area contributed by atoms with Crippen LogP contribution >= 0.6 is 12.4 Å². The van der Waals surface area contributed by atoms with Gasteiger partial charge in [-0.15, -0.1) is 12.4 Å². The average Bonchev–Trinajstić information content (AvgIpc) is 2.79. The third kappa shape index (κ3) is 5.44. The fourth-order valence-corrected chi connectivity index (χ4v) is 3.39. The summed E-state index contributed by atoms with van der Waals surface area (Å²) in [5.41, 5.74) is 9.88. The summed E-state index contributed by atoms with van der Waals surface area (Å²) in [4.78, 5) is 14.9. The molecule has 0 heterocycles. The van der Waals surface area contributed by atoms with E-state index in [-0.39, 0.29) is 42.6 Å². The topological polar surface area (TPSA) is 55.6 Å². The van der Waals surface area contributed by atoms with Gasteiger partial charge in [0, 0.05) is 12.2 Å². The van der Waals surface area contributed by atoms with Crippen molar-refractivity contribution in [1.82, 2.24) is 0 Å². The molecule has 0 aromatic heterocycles. The van der Waals surface area contributed by atoms with Gasteiger partial charge in [0.2, 0.25) is 11.7 Å². The zero-order chi connectivity index (χ0) is 22.5. The summed E-state index contributed by atoms with van der Waals surface area (Å²) in [6.07, 6.45) is 0.118. The SMILES string of the molecule is COc1ccc(CCN(C(=O)C(N)c2ccccc2)c2ccc(C)c(C)c2)c(F)c1F.Cl. The number of nitrogens with two attached hydrogens (primary N) is 1. The largest absolute Gasteiger partial charge is 0.494 e. The van der Waals surface area contributed by atoms with Crippen molar-refractivity contribution in [3.63, 3.8) is 0 Å². The lowest BCUT2D eigenvalue weighted by Gasteiger charge is -2.27. The van der Waals surface area contributed by atoms with Crippen molar-refractivity contribution in [3.05, 3.63) is 94.6 Å². The van der Waals surface area contributed by atoms with Gasteiger partial charge in [-0.1, -0.05) is 42.5 Å². The number of carbonyl (C=O) groups is 1. The number of anilines is 1. The lowest BCUT2D eigenvalue weighted by Crippen LogP contribution is -2.40. The molecule has 3 aromatic rings. The molecule has 0 spiro atoms. The molecule has 0 aliphatic rings. The Morgan fingerprint density at radius 3 is 2.31 bits per heavy atom. The molecule has 0 aliphatic carbocycles. The maximum atomic E-state index is 14.5. The van der Waals surface area contributed by atoms with Crippen LogP contribution in [-0.2, 0) is 11.2 Å². The van der Waals surface area contributed by atoms with Gasteiger partial charge in [0.1, 0.15) is 6.04 Å². The first-order chi connectivity index (χ1) is 14.8. The van der Waals surface area contributed by atoms with Crippen LogP contribution in [0.1, 0.15) is 28.3 Å². The van der Waals surface area contributed by atoms with Crippen molar-refractivity contribution in [2.45, 2.75) is 26.3 Å². The van der Waals surface area contributed by atoms with E-state index in [1.54, 1.807) is 12.1 Å². The minimum Gasteiger partial charge on any atom is -0.494 e. The number of hydrogen-bond acceptors (Lipinski definition) is 3. The fourth-order valence-electron chi connectivity index (χ4n) is 3.39. The molecule has 1 amide bonds. The van der Waals surface area contributed by atoms with E-state index in [0.29, 0.717) is 11.3 Å². The fraction of sp³-hybridized carbons (Fsp3) is 0.240. The van der Waals surface area contributed by atoms with Crippen LogP contribution in [0.2, 0.25) is 0 Å². The number of amides is 1. The minimum absolute atomic E-state index is 0. The molecule has 0 bridgehead atoms. The number of aryl methyl sites for hydroxylation is 2. The lowest BCUT2D eigenvalue weighted by atomic mass is 10.0. The number of hydrogen-bond donors (Lipinski definition) is 1. The van der Waals surface area contributed by atoms with E-state index in [1.807, 2.05) is 50.2 Å². The number of methoxy groups -OCH3 is 1. The summed E-state index contributed by atoms with van der Waals surface area (Å²) in [6, 6.07) is 16.7. The van der Waals surface area contributed by atoms with Gasteiger partial charge in [0.15, 0.2) is 11.6 Å². The Bertz CT molecular complexity index is 1080. The second kappa shape index (κ2) is 11.1. The first-order valence-corrected chi connectivity index (χ1v) is 10.0. The Balaban J connectivity index is 0.00000363. The molecule has 7 heteroatoms. The highest BCUT2D eigenvalue weighted by atomic mass is 35.5. The van der Waals surface area contributed by atoms with E-state index >= 15 is 0 Å². The summed E-state index contributed by atoms with van der Waals surface area (Å²) >= 11 is 0. The molecular weight excluding hydrogens is 434 g/mol. The molecule has 0 aliphatic heterocycles. The van der Waals surface area contributed by atoms with Crippen LogP contribution in [0.4, 0.5) is 14.5 Å². The van der Waals surface area contributed by atoms with E-state index in [9.17, 15) is 13.6 Å². The van der Waals surface area contributed by atoms with Crippen LogP contribution in [0.5, 0.6) is 5.75 Å². The van der Waals surface area contributed by atoms with Crippen molar-refractivity contribution < 1.29 is 18.3 Å². The summed E-state index contributed by atoms with van der Waals surface area (Å²) in [5, 5.41) is 0. The highest BCUT2D eigenvalue weighted by Crippen LogP contribution is 2.26. The Labute approximate surface area is 193 Å². The van der Waals surface area contributed by atoms with E-state index in [1.165, 1.54) is 24.1 Å². The average molecular weight is 461 g/mol. The molecule has 4 nitrogen and oxygen atoms in total. The number of benzene rings is 3. The molecule has 1 atom stereocenters. The van der Waals surface area contributed by atoms with Crippen molar-refractivity contribution in [2.75, 3.05) is 18.6 Å². The van der Waals surface area contributed by atoms with Gasteiger partial charge >= 0.3 is 0 Å². The smallest absolute Gasteiger partial charge is 0.248 e. The quantitative estimate of drug-likeness (QED) is 0.521. The molecule has 3 aromatic carbocycles. The van der Waals surface area contributed by atoms with Gasteiger partial charge < -0.3 is 15.4 Å². The molecule has 170 valence electrons. The summed E-state index contributed by atoms with van der Waals surface area (Å²) in [7, 11) is 1.28. The normalized spacial score (nSPS) is 11.4. The van der Waals surface area contributed by atoms with Crippen molar-refractivity contribution in [3.8, 4) is 5.75 Å². The highest BCUT2D eigenvalue weighted by molar-refractivity contribution is 5.97. The number of ether oxygens (including phenoxy) is 1. The highest BCUT2D eigenvalue weighted by Gasteiger charge is 2.25. The van der Waals surface area contributed by atoms with Crippen molar-refractivity contribution >= 4 is 24.0 Å². The standard InChI is InChI=1S/C25H26F2N2O2.ClH/c1-16-9-11-20(15-17(16)2)29(25(30)24(28)19-7-5-4-6-8-19)14-13-18-10-12-21(31-3)23(27)22(18)26;/h4-12,15,24H,13-14,28H2,1-3H3;1H. The molecule has 2 N–H and O–H groups in total. The van der Waals surface area contributed by atoms with Gasteiger partial charge in [0.05, 0.1) is 7.11 Å². The maximum Gasteiger partial charge on any atom is 0.248 e. The number of nitrogens with zero attached hydrogens (tertiary/aromatic N) is 1. The Morgan fingerprint density at radius 1 is 1.00 bits per heavy atom. The second-order valence-corrected chi connectivity index (χ2v) is 7.45. The predicted molar refractivity (Wildman–Crippen MR) is 126 cm³/mol. The van der Waals surface area contributed by atoms with Crippen molar-refractivity contribution in [1.29, 1.82) is 0 Å². The predicted octanol–water partition coefficient (Wildman–Crippen LogP) is 5.29. The van der Waals surface area contributed by atoms with Crippen LogP contribution in [-0.4, -0.2) is 19.6 Å². The third-order valence-electron chi connectivity index (χ3n) is 5.44. The molecular formula is C25H27ClF2N2O2. The molecule has 0 saturated heterocycles. The summed E-state index contributed by atoms with van der Waals surface area (Å²) in [6.45, 7) is 4.08. The van der Waals surface area contributed by atoms with Gasteiger partial charge in [-0.05, 0) is 60.7 Å². The Kier molecular flexibility index (Phi) is 8.75. The van der Waals surface area contributed by atoms with E-state index < -0.39 is 17.7 Å². The maximum absolute atomic E-state index is 14.5. The Hall–Kier alpha value is -2.96. The van der Waals surface area contributed by atoms with Crippen LogP contribution in [0, 0.1) is 25.5 Å². The third-order valence-corrected chi connectivity index (χ3v) is 5.44. The Morgan fingerprint density at radius 2 is 1.69 bits per heavy atom. The minimum atomic E-state index is -1.04. The molecule has 3 rings (SSSR count). The van der Waals surface area contributed by atoms with Gasteiger partial charge in [0.25, 0.3) is 0 Å². The van der Waals surface area contributed by atoms with E-state index in [0.717, 1.165) is 11.1 Å². The number of carbonyl (C=O) groups excluding carboxylic acids is 1. The van der Waals surface area contributed by atoms with Crippen molar-refractivity contribution in [2.24, 2.45) is 5.73 Å². The number of rotatable bonds is 7. The first-order valence-electron chi connectivity index (χ1n) is 10.0. The second-order valence-electron chi connectivity index (χ2n) is 7.45. The van der Waals surface area contributed by atoms with Crippen LogP contribution < -0.4 is 15.4 Å². The molecule has 1 unspecified atom stereocenters. The van der Waals surface area contributed by atoms with Crippen LogP contribution in [0.3, 0.4) is 0 Å². The molecule has 0 fully saturated rings. The first kappa shape index (κ1) is 25.3. The van der Waals surface area contributed by atoms with Gasteiger partial charge in [-0.2, -0.15) is 4.39 Å². The van der Waals surface area contributed by atoms with Gasteiger partial charge in [-0.3, -0.25) is 4.79 Å². The number of halogens is 3. The van der Waals surface area contributed by atoms with E-state index in [2.05, 4.69) is 0 Å². The zero-order valence-electron chi connectivity index (χ0n) is 18.3.